The lowest BCUT2D eigenvalue weighted by Crippen LogP contribution is -2.30. The standard InChI is InChI=1S/C23H24ClN3O3/c1-30-21-14-18(26-11-5-2-6-12-26)10-9-16(21)13-20-22(28)27(23(29)25-20)15-17-7-3-4-8-19(17)24/h3-4,7-10,13-14H,2,5-6,11-12,15H2,1H3,(H,25,29)/b20-13-. The Kier molecular flexibility index (Phi) is 5.95. The van der Waals surface area contributed by atoms with Gasteiger partial charge >= 0.3 is 6.03 Å². The molecular formula is C23H24ClN3O3. The van der Waals surface area contributed by atoms with Crippen molar-refractivity contribution in [1.82, 2.24) is 10.2 Å². The van der Waals surface area contributed by atoms with Crippen molar-refractivity contribution < 1.29 is 14.3 Å². The number of piperidine rings is 1. The number of benzene rings is 2. The fourth-order valence-corrected chi connectivity index (χ4v) is 4.03. The van der Waals surface area contributed by atoms with Gasteiger partial charge in [-0.1, -0.05) is 29.8 Å². The van der Waals surface area contributed by atoms with Crippen LogP contribution in [0.25, 0.3) is 6.08 Å². The van der Waals surface area contributed by atoms with Gasteiger partial charge in [-0.15, -0.1) is 0 Å². The maximum absolute atomic E-state index is 12.8. The molecule has 1 N–H and O–H groups in total. The van der Waals surface area contributed by atoms with Crippen LogP contribution in [0.1, 0.15) is 30.4 Å². The topological polar surface area (TPSA) is 61.9 Å². The second-order valence-electron chi connectivity index (χ2n) is 7.44. The molecule has 2 aromatic rings. The number of hydrogen-bond donors (Lipinski definition) is 1. The fourth-order valence-electron chi connectivity index (χ4n) is 3.84. The Morgan fingerprint density at radius 1 is 1.10 bits per heavy atom. The molecular weight excluding hydrogens is 402 g/mol. The van der Waals surface area contributed by atoms with E-state index in [9.17, 15) is 9.59 Å². The molecule has 2 heterocycles. The Balaban J connectivity index is 1.56. The summed E-state index contributed by atoms with van der Waals surface area (Å²) >= 11 is 6.18. The maximum atomic E-state index is 12.8. The average molecular weight is 426 g/mol. The lowest BCUT2D eigenvalue weighted by molar-refractivity contribution is -0.123. The van der Waals surface area contributed by atoms with Gasteiger partial charge in [0.05, 0.1) is 13.7 Å². The van der Waals surface area contributed by atoms with Crippen molar-refractivity contribution in [2.24, 2.45) is 0 Å². The summed E-state index contributed by atoms with van der Waals surface area (Å²) in [4.78, 5) is 28.7. The minimum absolute atomic E-state index is 0.118. The predicted molar refractivity (Wildman–Crippen MR) is 118 cm³/mol. The van der Waals surface area contributed by atoms with Gasteiger partial charge in [-0.2, -0.15) is 0 Å². The molecule has 156 valence electrons. The molecule has 0 aliphatic carbocycles. The molecule has 0 radical (unpaired) electrons. The molecule has 2 aliphatic heterocycles. The van der Waals surface area contributed by atoms with Crippen molar-refractivity contribution >= 4 is 35.3 Å². The summed E-state index contributed by atoms with van der Waals surface area (Å²) in [7, 11) is 1.61. The zero-order valence-electron chi connectivity index (χ0n) is 16.9. The number of urea groups is 1. The van der Waals surface area contributed by atoms with Crippen LogP contribution in [0.3, 0.4) is 0 Å². The highest BCUT2D eigenvalue weighted by molar-refractivity contribution is 6.31. The SMILES string of the molecule is COc1cc(N2CCCCC2)ccc1/C=C1\NC(=O)N(Cc2ccccc2Cl)C1=O. The van der Waals surface area contributed by atoms with Gasteiger partial charge in [0.1, 0.15) is 11.4 Å². The first-order valence-corrected chi connectivity index (χ1v) is 10.5. The van der Waals surface area contributed by atoms with E-state index in [4.69, 9.17) is 16.3 Å². The van der Waals surface area contributed by atoms with Gasteiger partial charge in [-0.3, -0.25) is 9.69 Å². The zero-order valence-corrected chi connectivity index (χ0v) is 17.6. The van der Waals surface area contributed by atoms with E-state index in [2.05, 4.69) is 10.2 Å². The van der Waals surface area contributed by atoms with Crippen molar-refractivity contribution in [3.8, 4) is 5.75 Å². The molecule has 30 heavy (non-hydrogen) atoms. The van der Waals surface area contributed by atoms with Crippen LogP contribution < -0.4 is 15.0 Å². The summed E-state index contributed by atoms with van der Waals surface area (Å²) in [5.41, 5.74) is 2.78. The second-order valence-corrected chi connectivity index (χ2v) is 7.85. The number of rotatable bonds is 5. The van der Waals surface area contributed by atoms with Gasteiger partial charge in [-0.25, -0.2) is 4.79 Å². The third-order valence-electron chi connectivity index (χ3n) is 5.49. The number of imide groups is 1. The van der Waals surface area contributed by atoms with Gasteiger partial charge in [0, 0.05) is 35.4 Å². The summed E-state index contributed by atoms with van der Waals surface area (Å²) < 4.78 is 5.56. The van der Waals surface area contributed by atoms with E-state index in [1.807, 2.05) is 30.3 Å². The highest BCUT2D eigenvalue weighted by atomic mass is 35.5. The van der Waals surface area contributed by atoms with Crippen LogP contribution >= 0.6 is 11.6 Å². The van der Waals surface area contributed by atoms with E-state index in [1.54, 1.807) is 25.3 Å². The molecule has 4 rings (SSSR count). The Hall–Kier alpha value is -2.99. The molecule has 0 aromatic heterocycles. The van der Waals surface area contributed by atoms with E-state index in [0.29, 0.717) is 16.3 Å². The lowest BCUT2D eigenvalue weighted by atomic mass is 10.1. The van der Waals surface area contributed by atoms with Crippen molar-refractivity contribution in [3.63, 3.8) is 0 Å². The number of ether oxygens (including phenoxy) is 1. The molecule has 0 bridgehead atoms. The number of halogens is 1. The highest BCUT2D eigenvalue weighted by Crippen LogP contribution is 2.30. The maximum Gasteiger partial charge on any atom is 0.329 e. The largest absolute Gasteiger partial charge is 0.496 e. The van der Waals surface area contributed by atoms with Crippen LogP contribution in [0.5, 0.6) is 5.75 Å². The van der Waals surface area contributed by atoms with E-state index in [1.165, 1.54) is 19.3 Å². The van der Waals surface area contributed by atoms with Crippen LogP contribution in [0.2, 0.25) is 5.02 Å². The molecule has 7 heteroatoms. The number of hydrogen-bond acceptors (Lipinski definition) is 4. The molecule has 2 fully saturated rings. The number of nitrogens with one attached hydrogen (secondary N) is 1. The van der Waals surface area contributed by atoms with E-state index in [0.717, 1.165) is 29.2 Å². The molecule has 0 atom stereocenters. The van der Waals surface area contributed by atoms with Crippen LogP contribution in [-0.2, 0) is 11.3 Å². The molecule has 0 spiro atoms. The predicted octanol–water partition coefficient (Wildman–Crippen LogP) is 4.43. The minimum Gasteiger partial charge on any atom is -0.496 e. The molecule has 2 saturated heterocycles. The normalized spacial score (nSPS) is 18.1. The van der Waals surface area contributed by atoms with E-state index in [-0.39, 0.29) is 18.1 Å². The van der Waals surface area contributed by atoms with Crippen LogP contribution in [-0.4, -0.2) is 37.0 Å². The average Bonchev–Trinajstić information content (AvgIpc) is 3.03. The monoisotopic (exact) mass is 425 g/mol. The zero-order chi connectivity index (χ0) is 21.1. The number of nitrogens with zero attached hydrogens (tertiary/aromatic N) is 2. The van der Waals surface area contributed by atoms with Gasteiger partial charge in [0.15, 0.2) is 0 Å². The first-order valence-electron chi connectivity index (χ1n) is 10.1. The third-order valence-corrected chi connectivity index (χ3v) is 5.86. The van der Waals surface area contributed by atoms with Crippen molar-refractivity contribution in [2.45, 2.75) is 25.8 Å². The minimum atomic E-state index is -0.463. The fraction of sp³-hybridized carbons (Fsp3) is 0.304. The molecule has 6 nitrogen and oxygen atoms in total. The number of amides is 3. The smallest absolute Gasteiger partial charge is 0.329 e. The Morgan fingerprint density at radius 3 is 2.60 bits per heavy atom. The molecule has 0 saturated carbocycles. The number of anilines is 1. The lowest BCUT2D eigenvalue weighted by Gasteiger charge is -2.29. The Labute approximate surface area is 181 Å². The number of carbonyl (C=O) groups is 2. The van der Waals surface area contributed by atoms with Gasteiger partial charge in [-0.05, 0) is 49.1 Å². The van der Waals surface area contributed by atoms with E-state index < -0.39 is 6.03 Å². The van der Waals surface area contributed by atoms with Gasteiger partial charge in [0.2, 0.25) is 0 Å². The summed E-state index contributed by atoms with van der Waals surface area (Å²) in [6.07, 6.45) is 5.31. The Bertz CT molecular complexity index is 999. The second kappa shape index (κ2) is 8.79. The van der Waals surface area contributed by atoms with Gasteiger partial charge < -0.3 is 15.0 Å². The van der Waals surface area contributed by atoms with Crippen molar-refractivity contribution in [3.05, 3.63) is 64.3 Å². The summed E-state index contributed by atoms with van der Waals surface area (Å²) in [6, 6.07) is 12.6. The first kappa shape index (κ1) is 20.3. The van der Waals surface area contributed by atoms with E-state index >= 15 is 0 Å². The number of carbonyl (C=O) groups excluding carboxylic acids is 2. The highest BCUT2D eigenvalue weighted by Gasteiger charge is 2.34. The molecule has 3 amide bonds. The van der Waals surface area contributed by atoms with Gasteiger partial charge in [0.25, 0.3) is 5.91 Å². The van der Waals surface area contributed by atoms with Crippen LogP contribution in [0.4, 0.5) is 10.5 Å². The summed E-state index contributed by atoms with van der Waals surface area (Å²) in [6.45, 7) is 2.19. The first-order chi connectivity index (χ1) is 14.6. The van der Waals surface area contributed by atoms with Crippen molar-refractivity contribution in [2.75, 3.05) is 25.1 Å². The van der Waals surface area contributed by atoms with Crippen molar-refractivity contribution in [1.29, 1.82) is 0 Å². The summed E-state index contributed by atoms with van der Waals surface area (Å²) in [5.74, 6) is 0.277. The third kappa shape index (κ3) is 4.14. The quantitative estimate of drug-likeness (QED) is 0.568. The Morgan fingerprint density at radius 2 is 1.87 bits per heavy atom. The van der Waals surface area contributed by atoms with Crippen LogP contribution in [0.15, 0.2) is 48.2 Å². The summed E-state index contributed by atoms with van der Waals surface area (Å²) in [5, 5.41) is 3.18. The molecule has 2 aromatic carbocycles. The number of methoxy groups -OCH3 is 1. The molecule has 0 unspecified atom stereocenters. The molecule has 2 aliphatic rings. The van der Waals surface area contributed by atoms with Crippen LogP contribution in [0, 0.1) is 0 Å².